The van der Waals surface area contributed by atoms with Crippen molar-refractivity contribution in [2.24, 2.45) is 0 Å². The number of benzene rings is 1. The number of nitrogens with one attached hydrogen (secondary N) is 3. The Labute approximate surface area is 128 Å². The van der Waals surface area contributed by atoms with Gasteiger partial charge in [-0.3, -0.25) is 15.4 Å². The molecule has 22 heavy (non-hydrogen) atoms. The third-order valence-corrected chi connectivity index (χ3v) is 4.06. The Balaban J connectivity index is 1.61. The number of rotatable bonds is 5. The summed E-state index contributed by atoms with van der Waals surface area (Å²) >= 11 is 0. The highest BCUT2D eigenvalue weighted by atomic mass is 16.6. The molecular formula is C16H20N4O2+2. The minimum Gasteiger partial charge on any atom is -0.328 e. The summed E-state index contributed by atoms with van der Waals surface area (Å²) < 4.78 is 0. The predicted octanol–water partition coefficient (Wildman–Crippen LogP) is 0.678. The zero-order valence-electron chi connectivity index (χ0n) is 12.3. The van der Waals surface area contributed by atoms with E-state index < -0.39 is 0 Å². The Morgan fingerprint density at radius 2 is 2.09 bits per heavy atom. The van der Waals surface area contributed by atoms with E-state index in [2.05, 4.69) is 34.6 Å². The third kappa shape index (κ3) is 3.40. The molecule has 2 atom stereocenters. The number of nitrogens with zero attached hydrogens (tertiary/aromatic N) is 1. The fourth-order valence-electron chi connectivity index (χ4n) is 3.00. The minimum atomic E-state index is -0.359. The molecule has 2 aromatic rings. The van der Waals surface area contributed by atoms with Crippen LogP contribution in [0.1, 0.15) is 12.0 Å². The molecule has 1 aliphatic rings. The Kier molecular flexibility index (Phi) is 4.29. The van der Waals surface area contributed by atoms with E-state index in [9.17, 15) is 10.1 Å². The van der Waals surface area contributed by atoms with Crippen LogP contribution in [-0.2, 0) is 6.54 Å². The van der Waals surface area contributed by atoms with Gasteiger partial charge in [0.05, 0.1) is 17.7 Å². The Bertz CT molecular complexity index is 648. The fourth-order valence-corrected chi connectivity index (χ4v) is 3.00. The second-order valence-electron chi connectivity index (χ2n) is 5.68. The molecule has 114 valence electrons. The number of anilines is 1. The van der Waals surface area contributed by atoms with Crippen molar-refractivity contribution in [1.82, 2.24) is 0 Å². The van der Waals surface area contributed by atoms with Crippen molar-refractivity contribution in [2.75, 3.05) is 18.4 Å². The highest BCUT2D eigenvalue weighted by Crippen LogP contribution is 2.19. The molecule has 1 fully saturated rings. The van der Waals surface area contributed by atoms with Crippen LogP contribution in [0.5, 0.6) is 0 Å². The molecule has 1 aliphatic heterocycles. The summed E-state index contributed by atoms with van der Waals surface area (Å²) in [4.78, 5) is 15.1. The number of pyridine rings is 1. The molecule has 0 radical (unpaired) electrons. The molecule has 0 spiro atoms. The molecule has 6 heteroatoms. The van der Waals surface area contributed by atoms with Gasteiger partial charge in [-0.1, -0.05) is 30.3 Å². The van der Waals surface area contributed by atoms with Crippen LogP contribution < -0.4 is 15.2 Å². The van der Waals surface area contributed by atoms with Gasteiger partial charge in [-0.15, -0.1) is 0 Å². The molecule has 2 heterocycles. The van der Waals surface area contributed by atoms with Crippen LogP contribution in [0.25, 0.3) is 0 Å². The monoisotopic (exact) mass is 300 g/mol. The van der Waals surface area contributed by atoms with Crippen LogP contribution >= 0.6 is 0 Å². The summed E-state index contributed by atoms with van der Waals surface area (Å²) in [6.45, 7) is 3.04. The van der Waals surface area contributed by atoms with Gasteiger partial charge in [0.15, 0.2) is 0 Å². The lowest BCUT2D eigenvalue weighted by atomic mass is 10.2. The number of quaternary nitrogens is 1. The first kappa shape index (κ1) is 14.5. The van der Waals surface area contributed by atoms with Gasteiger partial charge in [0.1, 0.15) is 19.1 Å². The normalized spacial score (nSPS) is 20.7. The molecule has 6 nitrogen and oxygen atoms in total. The van der Waals surface area contributed by atoms with Gasteiger partial charge in [0.2, 0.25) is 0 Å². The number of H-pyrrole nitrogens is 1. The molecule has 0 aliphatic carbocycles. The van der Waals surface area contributed by atoms with Crippen LogP contribution in [0.3, 0.4) is 0 Å². The highest BCUT2D eigenvalue weighted by molar-refractivity contribution is 5.51. The van der Waals surface area contributed by atoms with Crippen LogP contribution in [-0.4, -0.2) is 24.1 Å². The molecule has 1 unspecified atom stereocenters. The first-order valence-corrected chi connectivity index (χ1v) is 7.51. The lowest BCUT2D eigenvalue weighted by Gasteiger charge is -2.12. The first-order valence-electron chi connectivity index (χ1n) is 7.51. The standard InChI is InChI=1S/C16H18N4O2/c21-20(22)15-7-4-9-17-16(15)18-14-8-10-19(12-14)11-13-5-2-1-3-6-13/h1-7,9,14H,8,10-12H2,(H,17,18)/p+2/t14-/m0/s1. The number of likely N-dealkylation sites (tertiary alicyclic amines) is 1. The molecular weight excluding hydrogens is 280 g/mol. The molecule has 1 aromatic carbocycles. The van der Waals surface area contributed by atoms with Crippen molar-refractivity contribution in [3.8, 4) is 0 Å². The Morgan fingerprint density at radius 1 is 1.27 bits per heavy atom. The molecule has 1 saturated heterocycles. The summed E-state index contributed by atoms with van der Waals surface area (Å²) in [6, 6.07) is 13.8. The summed E-state index contributed by atoms with van der Waals surface area (Å²) in [7, 11) is 0. The van der Waals surface area contributed by atoms with Crippen molar-refractivity contribution in [1.29, 1.82) is 0 Å². The van der Waals surface area contributed by atoms with Crippen LogP contribution in [0, 0.1) is 10.1 Å². The summed E-state index contributed by atoms with van der Waals surface area (Å²) in [5.74, 6) is 0.499. The average Bonchev–Trinajstić information content (AvgIpc) is 2.96. The lowest BCUT2D eigenvalue weighted by molar-refractivity contribution is -0.901. The van der Waals surface area contributed by atoms with Gasteiger partial charge in [0.25, 0.3) is 0 Å². The highest BCUT2D eigenvalue weighted by Gasteiger charge is 2.32. The van der Waals surface area contributed by atoms with Gasteiger partial charge in [0, 0.05) is 18.1 Å². The van der Waals surface area contributed by atoms with Gasteiger partial charge in [-0.2, -0.15) is 0 Å². The van der Waals surface area contributed by atoms with Crippen molar-refractivity contribution >= 4 is 11.5 Å². The largest absolute Gasteiger partial charge is 0.357 e. The predicted molar refractivity (Wildman–Crippen MR) is 82.5 cm³/mol. The van der Waals surface area contributed by atoms with E-state index in [1.807, 2.05) is 6.07 Å². The molecule has 3 N–H and O–H groups in total. The van der Waals surface area contributed by atoms with Crippen molar-refractivity contribution in [3.63, 3.8) is 0 Å². The Hall–Kier alpha value is -2.47. The quantitative estimate of drug-likeness (QED) is 0.630. The molecule has 0 bridgehead atoms. The Morgan fingerprint density at radius 3 is 2.86 bits per heavy atom. The van der Waals surface area contributed by atoms with Gasteiger partial charge < -0.3 is 4.90 Å². The van der Waals surface area contributed by atoms with Crippen molar-refractivity contribution in [2.45, 2.75) is 19.0 Å². The van der Waals surface area contributed by atoms with Gasteiger partial charge in [-0.05, 0) is 6.07 Å². The fraction of sp³-hybridized carbons (Fsp3) is 0.312. The van der Waals surface area contributed by atoms with E-state index >= 15 is 0 Å². The second kappa shape index (κ2) is 6.53. The molecule has 3 rings (SSSR count). The van der Waals surface area contributed by atoms with Crippen LogP contribution in [0.2, 0.25) is 0 Å². The maximum Gasteiger partial charge on any atom is 0.357 e. The van der Waals surface area contributed by atoms with Crippen molar-refractivity contribution in [3.05, 3.63) is 64.3 Å². The number of hydrogen-bond acceptors (Lipinski definition) is 3. The van der Waals surface area contributed by atoms with Crippen molar-refractivity contribution < 1.29 is 14.8 Å². The maximum absolute atomic E-state index is 11.0. The first-order chi connectivity index (χ1) is 10.7. The van der Waals surface area contributed by atoms with Gasteiger partial charge >= 0.3 is 11.5 Å². The molecule has 0 amide bonds. The number of aromatic nitrogens is 1. The average molecular weight is 300 g/mol. The van der Waals surface area contributed by atoms with E-state index in [0.29, 0.717) is 5.82 Å². The summed E-state index contributed by atoms with van der Waals surface area (Å²) in [5, 5.41) is 14.3. The third-order valence-electron chi connectivity index (χ3n) is 4.06. The van der Waals surface area contributed by atoms with E-state index in [4.69, 9.17) is 0 Å². The van der Waals surface area contributed by atoms with Gasteiger partial charge in [-0.25, -0.2) is 4.98 Å². The minimum absolute atomic E-state index is 0.0963. The van der Waals surface area contributed by atoms with Crippen LogP contribution in [0.15, 0.2) is 48.7 Å². The van der Waals surface area contributed by atoms with E-state index in [-0.39, 0.29) is 16.7 Å². The van der Waals surface area contributed by atoms with Crippen LogP contribution in [0.4, 0.5) is 11.5 Å². The van der Waals surface area contributed by atoms with E-state index in [0.717, 1.165) is 26.1 Å². The SMILES string of the molecule is O=[N+]([O-])c1ccc[nH+]c1N[C@H]1CC[NH+](Cc2ccccc2)C1. The molecule has 0 saturated carbocycles. The zero-order chi connectivity index (χ0) is 15.4. The number of hydrogen-bond donors (Lipinski definition) is 2. The van der Waals surface area contributed by atoms with E-state index in [1.54, 1.807) is 12.3 Å². The topological polar surface area (TPSA) is 73.8 Å². The summed E-state index contributed by atoms with van der Waals surface area (Å²) in [5.41, 5.74) is 1.43. The van der Waals surface area contributed by atoms with E-state index in [1.165, 1.54) is 16.5 Å². The smallest absolute Gasteiger partial charge is 0.328 e. The molecule has 1 aromatic heterocycles. The lowest BCUT2D eigenvalue weighted by Crippen LogP contribution is -3.09. The maximum atomic E-state index is 11.0. The number of aromatic amines is 1. The second-order valence-corrected chi connectivity index (χ2v) is 5.68. The summed E-state index contributed by atoms with van der Waals surface area (Å²) in [6.07, 6.45) is 2.72. The number of nitro groups is 1. The zero-order valence-corrected chi connectivity index (χ0v) is 12.3.